The number of nitrogen functional groups attached to an aromatic ring is 1. The SMILES string of the molecule is Cc1cc(N2CCC(C(=O)N3CC(C)OC(C)C3)CC2)nc(N)n1. The van der Waals surface area contributed by atoms with E-state index < -0.39 is 0 Å². The van der Waals surface area contributed by atoms with Crippen molar-refractivity contribution in [1.82, 2.24) is 14.9 Å². The van der Waals surface area contributed by atoms with Gasteiger partial charge in [-0.05, 0) is 33.6 Å². The number of amides is 1. The Morgan fingerprint density at radius 2 is 1.83 bits per heavy atom. The first-order valence-corrected chi connectivity index (χ1v) is 8.72. The minimum atomic E-state index is 0.0963. The lowest BCUT2D eigenvalue weighted by molar-refractivity contribution is -0.148. The summed E-state index contributed by atoms with van der Waals surface area (Å²) in [6.07, 6.45) is 1.93. The summed E-state index contributed by atoms with van der Waals surface area (Å²) in [5.41, 5.74) is 6.61. The Kier molecular flexibility index (Phi) is 4.89. The van der Waals surface area contributed by atoms with Crippen LogP contribution in [0.15, 0.2) is 6.07 Å². The van der Waals surface area contributed by atoms with E-state index in [0.717, 1.165) is 37.4 Å². The van der Waals surface area contributed by atoms with E-state index in [1.165, 1.54) is 0 Å². The first-order valence-electron chi connectivity index (χ1n) is 8.72. The Labute approximate surface area is 143 Å². The van der Waals surface area contributed by atoms with Crippen molar-refractivity contribution < 1.29 is 9.53 Å². The van der Waals surface area contributed by atoms with Crippen LogP contribution in [0.2, 0.25) is 0 Å². The Hall–Kier alpha value is -1.89. The maximum atomic E-state index is 12.8. The van der Waals surface area contributed by atoms with Crippen LogP contribution < -0.4 is 10.6 Å². The summed E-state index contributed by atoms with van der Waals surface area (Å²) in [4.78, 5) is 25.4. The molecule has 0 aromatic carbocycles. The van der Waals surface area contributed by atoms with Crippen molar-refractivity contribution in [3.05, 3.63) is 11.8 Å². The van der Waals surface area contributed by atoms with Crippen molar-refractivity contribution in [2.75, 3.05) is 36.8 Å². The maximum Gasteiger partial charge on any atom is 0.225 e. The third kappa shape index (κ3) is 3.77. The molecule has 2 aliphatic rings. The number of aromatic nitrogens is 2. The van der Waals surface area contributed by atoms with Crippen LogP contribution in [-0.4, -0.2) is 59.2 Å². The Morgan fingerprint density at radius 3 is 2.42 bits per heavy atom. The van der Waals surface area contributed by atoms with E-state index in [4.69, 9.17) is 10.5 Å². The van der Waals surface area contributed by atoms with E-state index in [1.54, 1.807) is 0 Å². The molecule has 24 heavy (non-hydrogen) atoms. The lowest BCUT2D eigenvalue weighted by Gasteiger charge is -2.39. The van der Waals surface area contributed by atoms with Crippen LogP contribution in [0.1, 0.15) is 32.4 Å². The first kappa shape index (κ1) is 17.0. The van der Waals surface area contributed by atoms with Crippen LogP contribution in [-0.2, 0) is 9.53 Å². The highest BCUT2D eigenvalue weighted by Crippen LogP contribution is 2.25. The molecule has 1 aromatic heterocycles. The van der Waals surface area contributed by atoms with Gasteiger partial charge < -0.3 is 20.3 Å². The van der Waals surface area contributed by atoms with Gasteiger partial charge in [0.05, 0.1) is 12.2 Å². The predicted octanol–water partition coefficient (Wildman–Crippen LogP) is 1.22. The molecule has 132 valence electrons. The van der Waals surface area contributed by atoms with Gasteiger partial charge in [-0.1, -0.05) is 0 Å². The minimum absolute atomic E-state index is 0.0963. The van der Waals surface area contributed by atoms with Crippen molar-refractivity contribution in [3.8, 4) is 0 Å². The molecule has 3 rings (SSSR count). The fraction of sp³-hybridized carbons (Fsp3) is 0.706. The lowest BCUT2D eigenvalue weighted by Crippen LogP contribution is -2.51. The van der Waals surface area contributed by atoms with E-state index in [1.807, 2.05) is 31.7 Å². The monoisotopic (exact) mass is 333 g/mol. The second kappa shape index (κ2) is 6.93. The number of aryl methyl sites for hydroxylation is 1. The molecule has 7 nitrogen and oxygen atoms in total. The molecule has 0 radical (unpaired) electrons. The average molecular weight is 333 g/mol. The zero-order valence-corrected chi connectivity index (χ0v) is 14.7. The van der Waals surface area contributed by atoms with Gasteiger partial charge in [-0.3, -0.25) is 4.79 Å². The zero-order chi connectivity index (χ0) is 17.3. The molecule has 2 atom stereocenters. The number of hydrogen-bond donors (Lipinski definition) is 1. The fourth-order valence-electron chi connectivity index (χ4n) is 3.71. The number of anilines is 2. The number of nitrogens with two attached hydrogens (primary N) is 1. The summed E-state index contributed by atoms with van der Waals surface area (Å²) < 4.78 is 5.72. The van der Waals surface area contributed by atoms with E-state index >= 15 is 0 Å². The van der Waals surface area contributed by atoms with Crippen molar-refractivity contribution >= 4 is 17.7 Å². The quantitative estimate of drug-likeness (QED) is 0.876. The Bertz CT molecular complexity index is 570. The van der Waals surface area contributed by atoms with E-state index in [9.17, 15) is 4.79 Å². The van der Waals surface area contributed by atoms with Gasteiger partial charge in [-0.2, -0.15) is 4.98 Å². The number of carbonyl (C=O) groups is 1. The number of piperidine rings is 1. The van der Waals surface area contributed by atoms with Crippen LogP contribution in [0, 0.1) is 12.8 Å². The lowest BCUT2D eigenvalue weighted by atomic mass is 9.94. The molecule has 2 fully saturated rings. The number of ether oxygens (including phenoxy) is 1. The van der Waals surface area contributed by atoms with Gasteiger partial charge in [0.25, 0.3) is 0 Å². The molecule has 0 spiro atoms. The number of carbonyl (C=O) groups excluding carboxylic acids is 1. The first-order chi connectivity index (χ1) is 11.4. The molecule has 3 heterocycles. The smallest absolute Gasteiger partial charge is 0.225 e. The van der Waals surface area contributed by atoms with Gasteiger partial charge in [0.15, 0.2) is 0 Å². The van der Waals surface area contributed by atoms with Crippen molar-refractivity contribution in [3.63, 3.8) is 0 Å². The topological polar surface area (TPSA) is 84.6 Å². The molecule has 0 bridgehead atoms. The van der Waals surface area contributed by atoms with E-state index in [2.05, 4.69) is 14.9 Å². The van der Waals surface area contributed by atoms with Crippen LogP contribution in [0.4, 0.5) is 11.8 Å². The molecule has 2 aliphatic heterocycles. The molecule has 1 aromatic rings. The summed E-state index contributed by atoms with van der Waals surface area (Å²) in [7, 11) is 0. The van der Waals surface area contributed by atoms with Gasteiger partial charge in [0.2, 0.25) is 11.9 Å². The van der Waals surface area contributed by atoms with Crippen molar-refractivity contribution in [2.45, 2.75) is 45.8 Å². The number of hydrogen-bond acceptors (Lipinski definition) is 6. The summed E-state index contributed by atoms with van der Waals surface area (Å²) >= 11 is 0. The van der Waals surface area contributed by atoms with Gasteiger partial charge in [-0.15, -0.1) is 0 Å². The Morgan fingerprint density at radius 1 is 1.21 bits per heavy atom. The highest BCUT2D eigenvalue weighted by atomic mass is 16.5. The second-order valence-corrected chi connectivity index (χ2v) is 6.99. The number of nitrogens with zero attached hydrogens (tertiary/aromatic N) is 4. The summed E-state index contributed by atoms with van der Waals surface area (Å²) in [5, 5.41) is 0. The maximum absolute atomic E-state index is 12.8. The molecule has 0 aliphatic carbocycles. The van der Waals surface area contributed by atoms with Crippen molar-refractivity contribution in [1.29, 1.82) is 0 Å². The standard InChI is InChI=1S/C17H27N5O2/c1-11-8-15(20-17(18)19-11)21-6-4-14(5-7-21)16(23)22-9-12(2)24-13(3)10-22/h8,12-14H,4-7,9-10H2,1-3H3,(H2,18,19,20). The Balaban J connectivity index is 1.59. The number of morpholine rings is 1. The molecule has 7 heteroatoms. The van der Waals surface area contributed by atoms with E-state index in [0.29, 0.717) is 19.0 Å². The molecule has 1 amide bonds. The van der Waals surface area contributed by atoms with Crippen LogP contribution in [0.5, 0.6) is 0 Å². The van der Waals surface area contributed by atoms with Crippen LogP contribution >= 0.6 is 0 Å². The third-order valence-electron chi connectivity index (χ3n) is 4.76. The highest BCUT2D eigenvalue weighted by Gasteiger charge is 2.32. The largest absolute Gasteiger partial charge is 0.372 e. The molecule has 2 N–H and O–H groups in total. The van der Waals surface area contributed by atoms with Crippen LogP contribution in [0.3, 0.4) is 0 Å². The second-order valence-electron chi connectivity index (χ2n) is 6.99. The zero-order valence-electron chi connectivity index (χ0n) is 14.7. The van der Waals surface area contributed by atoms with Crippen LogP contribution in [0.25, 0.3) is 0 Å². The summed E-state index contributed by atoms with van der Waals surface area (Å²) in [5.74, 6) is 1.54. The summed E-state index contributed by atoms with van der Waals surface area (Å²) in [6, 6.07) is 1.95. The van der Waals surface area contributed by atoms with Gasteiger partial charge in [-0.25, -0.2) is 4.98 Å². The predicted molar refractivity (Wildman–Crippen MR) is 92.7 cm³/mol. The van der Waals surface area contributed by atoms with E-state index in [-0.39, 0.29) is 24.0 Å². The number of rotatable bonds is 2. The molecule has 2 saturated heterocycles. The normalized spacial score (nSPS) is 25.8. The molecular formula is C17H27N5O2. The third-order valence-corrected chi connectivity index (χ3v) is 4.76. The van der Waals surface area contributed by atoms with Gasteiger partial charge in [0.1, 0.15) is 5.82 Å². The molecule has 2 unspecified atom stereocenters. The summed E-state index contributed by atoms with van der Waals surface area (Å²) in [6.45, 7) is 9.01. The fourth-order valence-corrected chi connectivity index (χ4v) is 3.71. The molecule has 0 saturated carbocycles. The minimum Gasteiger partial charge on any atom is -0.372 e. The van der Waals surface area contributed by atoms with Gasteiger partial charge in [0, 0.05) is 43.9 Å². The van der Waals surface area contributed by atoms with Gasteiger partial charge >= 0.3 is 0 Å². The highest BCUT2D eigenvalue weighted by molar-refractivity contribution is 5.79. The van der Waals surface area contributed by atoms with Crippen molar-refractivity contribution in [2.24, 2.45) is 5.92 Å². The molecular weight excluding hydrogens is 306 g/mol. The average Bonchev–Trinajstić information content (AvgIpc) is 2.52.